The van der Waals surface area contributed by atoms with E-state index >= 15 is 0 Å². The molecule has 0 aliphatic carbocycles. The fraction of sp³-hybridized carbons (Fsp3) is 0.176. The highest BCUT2D eigenvalue weighted by Crippen LogP contribution is 2.20. The van der Waals surface area contributed by atoms with E-state index in [0.717, 1.165) is 15.7 Å². The van der Waals surface area contributed by atoms with Gasteiger partial charge >= 0.3 is 0 Å². The zero-order chi connectivity index (χ0) is 16.1. The molecule has 0 saturated heterocycles. The lowest BCUT2D eigenvalue weighted by atomic mass is 10.1. The van der Waals surface area contributed by atoms with Crippen LogP contribution in [0.15, 0.2) is 46.9 Å². The zero-order valence-corrected chi connectivity index (χ0v) is 13.9. The van der Waals surface area contributed by atoms with Crippen molar-refractivity contribution in [1.82, 2.24) is 0 Å². The summed E-state index contributed by atoms with van der Waals surface area (Å²) in [6.45, 7) is 3.33. The van der Waals surface area contributed by atoms with Gasteiger partial charge in [-0.3, -0.25) is 9.59 Å². The summed E-state index contributed by atoms with van der Waals surface area (Å²) in [5, 5.41) is 2.80. The Balaban J connectivity index is 1.91. The normalized spacial score (nSPS) is 10.1. The number of ketones is 1. The number of halogens is 1. The first-order chi connectivity index (χ1) is 10.5. The van der Waals surface area contributed by atoms with Gasteiger partial charge in [-0.15, -0.1) is 0 Å². The first-order valence-corrected chi connectivity index (χ1v) is 7.55. The van der Waals surface area contributed by atoms with Crippen molar-refractivity contribution in [3.63, 3.8) is 0 Å². The third kappa shape index (κ3) is 4.43. The number of rotatable bonds is 5. The fourth-order valence-corrected chi connectivity index (χ4v) is 2.36. The number of hydrogen-bond acceptors (Lipinski definition) is 3. The number of anilines is 1. The minimum absolute atomic E-state index is 0.00462. The first kappa shape index (κ1) is 16.2. The minimum atomic E-state index is -0.235. The van der Waals surface area contributed by atoms with Crippen molar-refractivity contribution >= 4 is 33.3 Å². The van der Waals surface area contributed by atoms with E-state index in [4.69, 9.17) is 4.74 Å². The summed E-state index contributed by atoms with van der Waals surface area (Å²) in [4.78, 5) is 23.1. The molecule has 5 heteroatoms. The zero-order valence-electron chi connectivity index (χ0n) is 12.4. The molecule has 0 aliphatic rings. The maximum absolute atomic E-state index is 11.9. The van der Waals surface area contributed by atoms with Crippen LogP contribution in [-0.2, 0) is 4.79 Å². The molecule has 0 bridgehead atoms. The number of hydrogen-bond donors (Lipinski definition) is 1. The Morgan fingerprint density at radius 1 is 1.14 bits per heavy atom. The second-order valence-corrected chi connectivity index (χ2v) is 5.79. The van der Waals surface area contributed by atoms with Gasteiger partial charge in [-0.1, -0.05) is 15.9 Å². The van der Waals surface area contributed by atoms with E-state index in [2.05, 4.69) is 21.2 Å². The molecule has 2 rings (SSSR count). The lowest BCUT2D eigenvalue weighted by molar-refractivity contribution is -0.118. The smallest absolute Gasteiger partial charge is 0.262 e. The monoisotopic (exact) mass is 361 g/mol. The molecule has 0 spiro atoms. The molecular weight excluding hydrogens is 346 g/mol. The quantitative estimate of drug-likeness (QED) is 0.819. The van der Waals surface area contributed by atoms with Crippen LogP contribution in [0.2, 0.25) is 0 Å². The molecular formula is C17H16BrNO3. The van der Waals surface area contributed by atoms with Gasteiger partial charge in [-0.25, -0.2) is 0 Å². The standard InChI is InChI=1S/C17H16BrNO3/c1-11-9-14(18)5-8-16(11)19-17(21)10-22-15-6-3-13(4-7-15)12(2)20/h3-9H,10H2,1-2H3,(H,19,21). The Labute approximate surface area is 137 Å². The predicted octanol–water partition coefficient (Wildman–Crippen LogP) is 3.98. The molecule has 0 radical (unpaired) electrons. The van der Waals surface area contributed by atoms with E-state index < -0.39 is 0 Å². The van der Waals surface area contributed by atoms with E-state index in [0.29, 0.717) is 11.3 Å². The average molecular weight is 362 g/mol. The second-order valence-electron chi connectivity index (χ2n) is 4.88. The van der Waals surface area contributed by atoms with Crippen molar-refractivity contribution in [2.24, 2.45) is 0 Å². The van der Waals surface area contributed by atoms with Gasteiger partial charge in [0, 0.05) is 15.7 Å². The maximum Gasteiger partial charge on any atom is 0.262 e. The van der Waals surface area contributed by atoms with Crippen LogP contribution in [-0.4, -0.2) is 18.3 Å². The average Bonchev–Trinajstić information content (AvgIpc) is 2.48. The van der Waals surface area contributed by atoms with Crippen LogP contribution in [0.4, 0.5) is 5.69 Å². The fourth-order valence-electron chi connectivity index (χ4n) is 1.89. The SMILES string of the molecule is CC(=O)c1ccc(OCC(=O)Nc2ccc(Br)cc2C)cc1. The van der Waals surface area contributed by atoms with Crippen LogP contribution in [0.1, 0.15) is 22.8 Å². The van der Waals surface area contributed by atoms with Crippen molar-refractivity contribution in [2.75, 3.05) is 11.9 Å². The first-order valence-electron chi connectivity index (χ1n) is 6.75. The van der Waals surface area contributed by atoms with Gasteiger partial charge in [-0.05, 0) is 61.9 Å². The molecule has 2 aromatic rings. The van der Waals surface area contributed by atoms with Gasteiger partial charge in [0.05, 0.1) is 0 Å². The van der Waals surface area contributed by atoms with Crippen molar-refractivity contribution < 1.29 is 14.3 Å². The number of nitrogens with one attached hydrogen (secondary N) is 1. The summed E-state index contributed by atoms with van der Waals surface area (Å²) in [5.41, 5.74) is 2.33. The molecule has 0 aromatic heterocycles. The van der Waals surface area contributed by atoms with E-state index in [1.165, 1.54) is 6.92 Å². The van der Waals surface area contributed by atoms with Crippen LogP contribution in [0.5, 0.6) is 5.75 Å². The van der Waals surface area contributed by atoms with E-state index in [1.807, 2.05) is 25.1 Å². The highest BCUT2D eigenvalue weighted by Gasteiger charge is 2.07. The number of aryl methyl sites for hydroxylation is 1. The topological polar surface area (TPSA) is 55.4 Å². The number of carbonyl (C=O) groups is 2. The van der Waals surface area contributed by atoms with Crippen LogP contribution in [0.3, 0.4) is 0 Å². The van der Waals surface area contributed by atoms with E-state index in [9.17, 15) is 9.59 Å². The predicted molar refractivity (Wildman–Crippen MR) is 89.5 cm³/mol. The lowest BCUT2D eigenvalue weighted by Crippen LogP contribution is -2.20. The summed E-state index contributed by atoms with van der Waals surface area (Å²) < 4.78 is 6.37. The number of carbonyl (C=O) groups excluding carboxylic acids is 2. The number of Topliss-reactive ketones (excluding diaryl/α,β-unsaturated/α-hetero) is 1. The molecule has 0 saturated carbocycles. The van der Waals surface area contributed by atoms with Crippen LogP contribution in [0.25, 0.3) is 0 Å². The van der Waals surface area contributed by atoms with Crippen molar-refractivity contribution in [2.45, 2.75) is 13.8 Å². The molecule has 0 fully saturated rings. The van der Waals surface area contributed by atoms with Gasteiger partial charge in [0.25, 0.3) is 5.91 Å². The number of amides is 1. The molecule has 1 amide bonds. The highest BCUT2D eigenvalue weighted by atomic mass is 79.9. The molecule has 0 heterocycles. The molecule has 1 N–H and O–H groups in total. The Kier molecular flexibility index (Phi) is 5.33. The van der Waals surface area contributed by atoms with Crippen molar-refractivity contribution in [3.8, 4) is 5.75 Å². The molecule has 4 nitrogen and oxygen atoms in total. The summed E-state index contributed by atoms with van der Waals surface area (Å²) >= 11 is 3.38. The summed E-state index contributed by atoms with van der Waals surface area (Å²) in [6.07, 6.45) is 0. The van der Waals surface area contributed by atoms with Gasteiger partial charge in [0.1, 0.15) is 5.75 Å². The van der Waals surface area contributed by atoms with Crippen molar-refractivity contribution in [1.29, 1.82) is 0 Å². The van der Waals surface area contributed by atoms with Crippen molar-refractivity contribution in [3.05, 3.63) is 58.1 Å². The molecule has 22 heavy (non-hydrogen) atoms. The largest absolute Gasteiger partial charge is 0.484 e. The lowest BCUT2D eigenvalue weighted by Gasteiger charge is -2.10. The number of ether oxygens (including phenoxy) is 1. The Bertz CT molecular complexity index is 696. The minimum Gasteiger partial charge on any atom is -0.484 e. The summed E-state index contributed by atoms with van der Waals surface area (Å²) in [7, 11) is 0. The van der Waals surface area contributed by atoms with Crippen LogP contribution >= 0.6 is 15.9 Å². The van der Waals surface area contributed by atoms with Gasteiger partial charge < -0.3 is 10.1 Å². The molecule has 0 unspecified atom stereocenters. The second kappa shape index (κ2) is 7.22. The third-order valence-electron chi connectivity index (χ3n) is 3.09. The molecule has 0 aliphatic heterocycles. The number of benzene rings is 2. The van der Waals surface area contributed by atoms with Crippen LogP contribution < -0.4 is 10.1 Å². The Morgan fingerprint density at radius 3 is 2.41 bits per heavy atom. The van der Waals surface area contributed by atoms with Gasteiger partial charge in [0.15, 0.2) is 12.4 Å². The molecule has 0 atom stereocenters. The molecule has 114 valence electrons. The van der Waals surface area contributed by atoms with E-state index in [-0.39, 0.29) is 18.3 Å². The summed E-state index contributed by atoms with van der Waals surface area (Å²) in [6, 6.07) is 12.3. The third-order valence-corrected chi connectivity index (χ3v) is 3.59. The van der Waals surface area contributed by atoms with Crippen LogP contribution in [0, 0.1) is 6.92 Å². The summed E-state index contributed by atoms with van der Waals surface area (Å²) in [5.74, 6) is 0.309. The molecule has 2 aromatic carbocycles. The van der Waals surface area contributed by atoms with Gasteiger partial charge in [-0.2, -0.15) is 0 Å². The Morgan fingerprint density at radius 2 is 1.82 bits per heavy atom. The van der Waals surface area contributed by atoms with Gasteiger partial charge in [0.2, 0.25) is 0 Å². The van der Waals surface area contributed by atoms with E-state index in [1.54, 1.807) is 24.3 Å². The highest BCUT2D eigenvalue weighted by molar-refractivity contribution is 9.10. The Hall–Kier alpha value is -2.14. The maximum atomic E-state index is 11.9.